The lowest BCUT2D eigenvalue weighted by Gasteiger charge is -2.27. The molecule has 19 heavy (non-hydrogen) atoms. The monoisotopic (exact) mass is 260 g/mol. The number of carbonyl (C=O) groups excluding carboxylic acids is 1. The molecule has 0 atom stereocenters. The topological polar surface area (TPSA) is 46.3 Å². The number of carbonyl (C=O) groups is 1. The second-order valence-corrected chi connectivity index (χ2v) is 5.65. The summed E-state index contributed by atoms with van der Waals surface area (Å²) < 4.78 is 0. The number of nitrogen functional groups attached to an aromatic ring is 1. The maximum Gasteiger partial charge on any atom is 0.255 e. The molecule has 1 aromatic carbocycles. The summed E-state index contributed by atoms with van der Waals surface area (Å²) in [5.41, 5.74) is 8.24. The van der Waals surface area contributed by atoms with Crippen LogP contribution in [0.3, 0.4) is 0 Å². The highest BCUT2D eigenvalue weighted by Gasteiger charge is 2.23. The SMILES string of the molecule is Cc1ccc(N)c(C(=O)N(C)C2CCCCCC2)c1. The van der Waals surface area contributed by atoms with Gasteiger partial charge in [-0.2, -0.15) is 0 Å². The molecule has 0 spiro atoms. The number of hydrogen-bond donors (Lipinski definition) is 1. The predicted octanol–water partition coefficient (Wildman–Crippen LogP) is 3.37. The Morgan fingerprint density at radius 3 is 2.47 bits per heavy atom. The van der Waals surface area contributed by atoms with Crippen LogP contribution in [0, 0.1) is 6.92 Å². The summed E-state index contributed by atoms with van der Waals surface area (Å²) in [5.74, 6) is 0.0631. The molecule has 1 aliphatic carbocycles. The van der Waals surface area contributed by atoms with Crippen LogP contribution in [0.2, 0.25) is 0 Å². The molecule has 0 aliphatic heterocycles. The molecule has 3 heteroatoms. The molecule has 104 valence electrons. The summed E-state index contributed by atoms with van der Waals surface area (Å²) in [5, 5.41) is 0. The molecule has 0 bridgehead atoms. The molecule has 1 fully saturated rings. The van der Waals surface area contributed by atoms with E-state index in [1.807, 2.05) is 37.1 Å². The molecule has 1 amide bonds. The first-order valence-corrected chi connectivity index (χ1v) is 7.23. The van der Waals surface area contributed by atoms with E-state index in [2.05, 4.69) is 0 Å². The molecule has 0 radical (unpaired) electrons. The zero-order chi connectivity index (χ0) is 13.8. The minimum atomic E-state index is 0.0631. The van der Waals surface area contributed by atoms with Crippen molar-refractivity contribution in [2.75, 3.05) is 12.8 Å². The van der Waals surface area contributed by atoms with E-state index < -0.39 is 0 Å². The Labute approximate surface area is 115 Å². The third kappa shape index (κ3) is 3.28. The average Bonchev–Trinajstić information content (AvgIpc) is 2.69. The zero-order valence-corrected chi connectivity index (χ0v) is 12.0. The molecular formula is C16H24N2O. The number of rotatable bonds is 2. The largest absolute Gasteiger partial charge is 0.398 e. The van der Waals surface area contributed by atoms with Gasteiger partial charge in [0, 0.05) is 18.8 Å². The Balaban J connectivity index is 2.15. The molecule has 1 saturated carbocycles. The smallest absolute Gasteiger partial charge is 0.255 e. The third-order valence-electron chi connectivity index (χ3n) is 4.13. The Kier molecular flexibility index (Phi) is 4.46. The fourth-order valence-corrected chi connectivity index (χ4v) is 2.86. The minimum Gasteiger partial charge on any atom is -0.398 e. The lowest BCUT2D eigenvalue weighted by atomic mass is 10.0. The molecule has 1 aliphatic rings. The van der Waals surface area contributed by atoms with E-state index in [1.165, 1.54) is 25.7 Å². The van der Waals surface area contributed by atoms with Crippen molar-refractivity contribution in [2.24, 2.45) is 0 Å². The van der Waals surface area contributed by atoms with E-state index in [1.54, 1.807) is 0 Å². The Morgan fingerprint density at radius 2 is 1.84 bits per heavy atom. The van der Waals surface area contributed by atoms with Gasteiger partial charge in [-0.25, -0.2) is 0 Å². The van der Waals surface area contributed by atoms with Crippen LogP contribution in [0.15, 0.2) is 18.2 Å². The van der Waals surface area contributed by atoms with Crippen LogP contribution < -0.4 is 5.73 Å². The van der Waals surface area contributed by atoms with Gasteiger partial charge in [0.1, 0.15) is 0 Å². The van der Waals surface area contributed by atoms with Crippen LogP contribution >= 0.6 is 0 Å². The molecule has 0 heterocycles. The van der Waals surface area contributed by atoms with Crippen LogP contribution in [0.5, 0.6) is 0 Å². The molecule has 2 N–H and O–H groups in total. The summed E-state index contributed by atoms with van der Waals surface area (Å²) in [6, 6.07) is 6.03. The van der Waals surface area contributed by atoms with Crippen LogP contribution in [-0.4, -0.2) is 23.9 Å². The predicted molar refractivity (Wildman–Crippen MR) is 79.2 cm³/mol. The summed E-state index contributed by atoms with van der Waals surface area (Å²) in [7, 11) is 1.92. The number of benzene rings is 1. The van der Waals surface area contributed by atoms with Crippen LogP contribution in [-0.2, 0) is 0 Å². The van der Waals surface area contributed by atoms with Crippen molar-refractivity contribution in [3.05, 3.63) is 29.3 Å². The van der Waals surface area contributed by atoms with E-state index in [0.29, 0.717) is 17.3 Å². The van der Waals surface area contributed by atoms with Crippen molar-refractivity contribution in [3.63, 3.8) is 0 Å². The van der Waals surface area contributed by atoms with E-state index >= 15 is 0 Å². The summed E-state index contributed by atoms with van der Waals surface area (Å²) in [6.07, 6.45) is 7.29. The van der Waals surface area contributed by atoms with Gasteiger partial charge < -0.3 is 10.6 Å². The molecule has 2 rings (SSSR count). The third-order valence-corrected chi connectivity index (χ3v) is 4.13. The average molecular weight is 260 g/mol. The van der Waals surface area contributed by atoms with Crippen molar-refractivity contribution in [1.82, 2.24) is 4.90 Å². The highest BCUT2D eigenvalue weighted by molar-refractivity contribution is 5.99. The van der Waals surface area contributed by atoms with Gasteiger partial charge in [-0.15, -0.1) is 0 Å². The number of hydrogen-bond acceptors (Lipinski definition) is 2. The van der Waals surface area contributed by atoms with Gasteiger partial charge in [-0.1, -0.05) is 37.3 Å². The maximum absolute atomic E-state index is 12.6. The van der Waals surface area contributed by atoms with Crippen LogP contribution in [0.1, 0.15) is 54.4 Å². The first-order valence-electron chi connectivity index (χ1n) is 7.23. The van der Waals surface area contributed by atoms with E-state index in [4.69, 9.17) is 5.73 Å². The summed E-state index contributed by atoms with van der Waals surface area (Å²) in [6.45, 7) is 1.99. The Hall–Kier alpha value is -1.51. The molecule has 0 unspecified atom stereocenters. The number of nitrogens with two attached hydrogens (primary N) is 1. The van der Waals surface area contributed by atoms with Gasteiger partial charge >= 0.3 is 0 Å². The second-order valence-electron chi connectivity index (χ2n) is 5.65. The molecule has 1 aromatic rings. The highest BCUT2D eigenvalue weighted by Crippen LogP contribution is 2.24. The minimum absolute atomic E-state index is 0.0631. The molecule has 3 nitrogen and oxygen atoms in total. The highest BCUT2D eigenvalue weighted by atomic mass is 16.2. The lowest BCUT2D eigenvalue weighted by Crippen LogP contribution is -2.37. The van der Waals surface area contributed by atoms with Gasteiger partial charge in [0.15, 0.2) is 0 Å². The fraction of sp³-hybridized carbons (Fsp3) is 0.562. The van der Waals surface area contributed by atoms with Gasteiger partial charge in [0.05, 0.1) is 5.56 Å². The molecule has 0 saturated heterocycles. The fourth-order valence-electron chi connectivity index (χ4n) is 2.86. The van der Waals surface area contributed by atoms with Crippen molar-refractivity contribution in [3.8, 4) is 0 Å². The number of anilines is 1. The van der Waals surface area contributed by atoms with E-state index in [9.17, 15) is 4.79 Å². The zero-order valence-electron chi connectivity index (χ0n) is 12.0. The van der Waals surface area contributed by atoms with Gasteiger partial charge in [-0.3, -0.25) is 4.79 Å². The van der Waals surface area contributed by atoms with Gasteiger partial charge in [0.2, 0.25) is 0 Å². The number of nitrogens with zero attached hydrogens (tertiary/aromatic N) is 1. The lowest BCUT2D eigenvalue weighted by molar-refractivity contribution is 0.0718. The van der Waals surface area contributed by atoms with Crippen LogP contribution in [0.4, 0.5) is 5.69 Å². The first kappa shape index (κ1) is 13.9. The van der Waals surface area contributed by atoms with Crippen molar-refractivity contribution in [2.45, 2.75) is 51.5 Å². The standard InChI is InChI=1S/C16H24N2O/c1-12-9-10-15(17)14(11-12)16(19)18(2)13-7-5-3-4-6-8-13/h9-11,13H,3-8,17H2,1-2H3. The first-order chi connectivity index (χ1) is 9.09. The number of aryl methyl sites for hydroxylation is 1. The van der Waals surface area contributed by atoms with Gasteiger partial charge in [-0.05, 0) is 31.9 Å². The quantitative estimate of drug-likeness (QED) is 0.654. The van der Waals surface area contributed by atoms with Crippen molar-refractivity contribution in [1.29, 1.82) is 0 Å². The van der Waals surface area contributed by atoms with Crippen molar-refractivity contribution < 1.29 is 4.79 Å². The molecule has 0 aromatic heterocycles. The van der Waals surface area contributed by atoms with Gasteiger partial charge in [0.25, 0.3) is 5.91 Å². The van der Waals surface area contributed by atoms with E-state index in [-0.39, 0.29) is 5.91 Å². The summed E-state index contributed by atoms with van der Waals surface area (Å²) >= 11 is 0. The summed E-state index contributed by atoms with van der Waals surface area (Å²) in [4.78, 5) is 14.5. The maximum atomic E-state index is 12.6. The Bertz CT molecular complexity index is 448. The van der Waals surface area contributed by atoms with Crippen LogP contribution in [0.25, 0.3) is 0 Å². The Morgan fingerprint density at radius 1 is 1.21 bits per heavy atom. The second kappa shape index (κ2) is 6.09. The number of amides is 1. The normalized spacial score (nSPS) is 16.9. The molecular weight excluding hydrogens is 236 g/mol. The van der Waals surface area contributed by atoms with Crippen molar-refractivity contribution >= 4 is 11.6 Å². The van der Waals surface area contributed by atoms with E-state index in [0.717, 1.165) is 18.4 Å².